The van der Waals surface area contributed by atoms with Crippen molar-refractivity contribution < 1.29 is 4.74 Å². The van der Waals surface area contributed by atoms with E-state index in [1.165, 1.54) is 5.56 Å². The summed E-state index contributed by atoms with van der Waals surface area (Å²) in [5.41, 5.74) is 1.28. The molecule has 0 fully saturated rings. The molecular weight excluding hydrogens is 258 g/mol. The van der Waals surface area contributed by atoms with Gasteiger partial charge < -0.3 is 10.1 Å². The molecule has 1 rings (SSSR count). The van der Waals surface area contributed by atoms with Gasteiger partial charge in [-0.15, -0.1) is 0 Å². The molecule has 3 heteroatoms. The van der Waals surface area contributed by atoms with Crippen molar-refractivity contribution in [2.45, 2.75) is 52.0 Å². The topological polar surface area (TPSA) is 21.3 Å². The van der Waals surface area contributed by atoms with E-state index >= 15 is 0 Å². The van der Waals surface area contributed by atoms with Gasteiger partial charge in [0.25, 0.3) is 0 Å². The predicted molar refractivity (Wildman–Crippen MR) is 83.4 cm³/mol. The van der Waals surface area contributed by atoms with Crippen LogP contribution in [0, 0.1) is 0 Å². The molecule has 0 aliphatic heterocycles. The predicted octanol–water partition coefficient (Wildman–Crippen LogP) is 4.40. The van der Waals surface area contributed by atoms with Gasteiger partial charge in [0.15, 0.2) is 0 Å². The smallest absolute Gasteiger partial charge is 0.122 e. The van der Waals surface area contributed by atoms with E-state index in [2.05, 4.69) is 39.1 Å². The standard InChI is InChI=1S/C16H26ClNO/c1-6-16(7-2,11-18-12(3)4)14-10-13(17)8-9-15(14)19-5/h8-10,12,18H,6-7,11H2,1-5H3. The lowest BCUT2D eigenvalue weighted by Gasteiger charge is -2.35. The molecular formula is C16H26ClNO. The van der Waals surface area contributed by atoms with Crippen molar-refractivity contribution in [3.05, 3.63) is 28.8 Å². The number of nitrogens with one attached hydrogen (secondary N) is 1. The molecule has 0 aliphatic carbocycles. The molecule has 0 bridgehead atoms. The summed E-state index contributed by atoms with van der Waals surface area (Å²) < 4.78 is 5.53. The highest BCUT2D eigenvalue weighted by molar-refractivity contribution is 6.30. The van der Waals surface area contributed by atoms with E-state index in [4.69, 9.17) is 16.3 Å². The minimum Gasteiger partial charge on any atom is -0.496 e. The molecule has 0 aliphatic rings. The average molecular weight is 284 g/mol. The fourth-order valence-corrected chi connectivity index (χ4v) is 2.64. The largest absolute Gasteiger partial charge is 0.496 e. The second-order valence-electron chi connectivity index (χ2n) is 5.37. The Morgan fingerprint density at radius 1 is 1.26 bits per heavy atom. The van der Waals surface area contributed by atoms with Crippen LogP contribution in [0.3, 0.4) is 0 Å². The van der Waals surface area contributed by atoms with Gasteiger partial charge in [-0.05, 0) is 31.0 Å². The molecule has 0 saturated heterocycles. The fraction of sp³-hybridized carbons (Fsp3) is 0.625. The van der Waals surface area contributed by atoms with Crippen LogP contribution in [0.5, 0.6) is 5.75 Å². The van der Waals surface area contributed by atoms with Crippen LogP contribution < -0.4 is 10.1 Å². The van der Waals surface area contributed by atoms with E-state index in [1.54, 1.807) is 7.11 Å². The first-order valence-corrected chi connectivity index (χ1v) is 7.44. The van der Waals surface area contributed by atoms with Crippen LogP contribution in [0.4, 0.5) is 0 Å². The third-order valence-corrected chi connectivity index (χ3v) is 4.17. The highest BCUT2D eigenvalue weighted by Gasteiger charge is 2.31. The van der Waals surface area contributed by atoms with Gasteiger partial charge in [-0.1, -0.05) is 39.3 Å². The molecule has 1 N–H and O–H groups in total. The zero-order valence-corrected chi connectivity index (χ0v) is 13.5. The third kappa shape index (κ3) is 3.87. The van der Waals surface area contributed by atoms with E-state index in [0.717, 1.165) is 30.2 Å². The van der Waals surface area contributed by atoms with E-state index < -0.39 is 0 Å². The Morgan fingerprint density at radius 3 is 2.37 bits per heavy atom. The molecule has 1 aromatic rings. The Bertz CT molecular complexity index is 400. The Kier molecular flexibility index (Phi) is 6.15. The van der Waals surface area contributed by atoms with Crippen LogP contribution in [-0.2, 0) is 5.41 Å². The summed E-state index contributed by atoms with van der Waals surface area (Å²) in [7, 11) is 1.72. The highest BCUT2D eigenvalue weighted by Crippen LogP contribution is 2.38. The second kappa shape index (κ2) is 7.16. The third-order valence-electron chi connectivity index (χ3n) is 3.94. The van der Waals surface area contributed by atoms with Gasteiger partial charge in [0.05, 0.1) is 7.11 Å². The van der Waals surface area contributed by atoms with E-state index in [9.17, 15) is 0 Å². The molecule has 1 aromatic carbocycles. The van der Waals surface area contributed by atoms with Crippen LogP contribution in [-0.4, -0.2) is 19.7 Å². The molecule has 0 radical (unpaired) electrons. The van der Waals surface area contributed by atoms with Gasteiger partial charge in [0.2, 0.25) is 0 Å². The van der Waals surface area contributed by atoms with Crippen LogP contribution in [0.2, 0.25) is 5.02 Å². The molecule has 0 unspecified atom stereocenters. The summed E-state index contributed by atoms with van der Waals surface area (Å²) in [6, 6.07) is 6.38. The van der Waals surface area contributed by atoms with Crippen molar-refractivity contribution in [2.75, 3.05) is 13.7 Å². The Labute approximate surface area is 122 Å². The molecule has 19 heavy (non-hydrogen) atoms. The number of benzene rings is 1. The van der Waals surface area contributed by atoms with Crippen molar-refractivity contribution >= 4 is 11.6 Å². The Balaban J connectivity index is 3.20. The maximum atomic E-state index is 6.18. The van der Waals surface area contributed by atoms with Crippen molar-refractivity contribution in [2.24, 2.45) is 0 Å². The number of halogens is 1. The molecule has 0 spiro atoms. The monoisotopic (exact) mass is 283 g/mol. The van der Waals surface area contributed by atoms with Gasteiger partial charge >= 0.3 is 0 Å². The summed E-state index contributed by atoms with van der Waals surface area (Å²) >= 11 is 6.18. The summed E-state index contributed by atoms with van der Waals surface area (Å²) in [5, 5.41) is 4.33. The number of hydrogen-bond acceptors (Lipinski definition) is 2. The van der Waals surface area contributed by atoms with Gasteiger partial charge in [-0.25, -0.2) is 0 Å². The van der Waals surface area contributed by atoms with Gasteiger partial charge in [0.1, 0.15) is 5.75 Å². The average Bonchev–Trinajstić information content (AvgIpc) is 2.40. The highest BCUT2D eigenvalue weighted by atomic mass is 35.5. The maximum absolute atomic E-state index is 6.18. The van der Waals surface area contributed by atoms with Gasteiger partial charge in [-0.2, -0.15) is 0 Å². The van der Waals surface area contributed by atoms with Crippen molar-refractivity contribution in [3.63, 3.8) is 0 Å². The minimum absolute atomic E-state index is 0.0700. The number of ether oxygens (including phenoxy) is 1. The Hall–Kier alpha value is -0.730. The summed E-state index contributed by atoms with van der Waals surface area (Å²) in [4.78, 5) is 0. The lowest BCUT2D eigenvalue weighted by Crippen LogP contribution is -2.40. The van der Waals surface area contributed by atoms with E-state index in [1.807, 2.05) is 12.1 Å². The minimum atomic E-state index is 0.0700. The second-order valence-corrected chi connectivity index (χ2v) is 5.80. The van der Waals surface area contributed by atoms with E-state index in [-0.39, 0.29) is 5.41 Å². The summed E-state index contributed by atoms with van der Waals surface area (Å²) in [6.45, 7) is 9.74. The first kappa shape index (κ1) is 16.3. The maximum Gasteiger partial charge on any atom is 0.122 e. The fourth-order valence-electron chi connectivity index (χ4n) is 2.47. The van der Waals surface area contributed by atoms with E-state index in [0.29, 0.717) is 6.04 Å². The summed E-state index contributed by atoms with van der Waals surface area (Å²) in [5.74, 6) is 0.929. The van der Waals surface area contributed by atoms with Crippen LogP contribution >= 0.6 is 11.6 Å². The summed E-state index contributed by atoms with van der Waals surface area (Å²) in [6.07, 6.45) is 2.11. The molecule has 2 nitrogen and oxygen atoms in total. The van der Waals surface area contributed by atoms with Crippen LogP contribution in [0.15, 0.2) is 18.2 Å². The quantitative estimate of drug-likeness (QED) is 0.801. The van der Waals surface area contributed by atoms with Gasteiger partial charge in [0, 0.05) is 28.6 Å². The number of hydrogen-bond donors (Lipinski definition) is 1. The van der Waals surface area contributed by atoms with Crippen molar-refractivity contribution in [3.8, 4) is 5.75 Å². The molecule has 0 heterocycles. The molecule has 0 aromatic heterocycles. The molecule has 108 valence electrons. The first-order valence-electron chi connectivity index (χ1n) is 7.06. The number of rotatable bonds is 7. The molecule has 0 atom stereocenters. The molecule has 0 saturated carbocycles. The zero-order valence-electron chi connectivity index (χ0n) is 12.7. The van der Waals surface area contributed by atoms with Gasteiger partial charge in [-0.3, -0.25) is 0 Å². The van der Waals surface area contributed by atoms with Crippen molar-refractivity contribution in [1.82, 2.24) is 5.32 Å². The lowest BCUT2D eigenvalue weighted by molar-refractivity contribution is 0.331. The zero-order chi connectivity index (χ0) is 14.5. The Morgan fingerprint density at radius 2 is 1.89 bits per heavy atom. The SMILES string of the molecule is CCC(CC)(CNC(C)C)c1cc(Cl)ccc1OC. The van der Waals surface area contributed by atoms with Crippen LogP contribution in [0.1, 0.15) is 46.1 Å². The first-order chi connectivity index (χ1) is 8.99. The lowest BCUT2D eigenvalue weighted by atomic mass is 9.75. The molecule has 0 amide bonds. The van der Waals surface area contributed by atoms with Crippen LogP contribution in [0.25, 0.3) is 0 Å². The normalized spacial score (nSPS) is 11.9. The number of methoxy groups -OCH3 is 1. The van der Waals surface area contributed by atoms with Crippen molar-refractivity contribution in [1.29, 1.82) is 0 Å².